The lowest BCUT2D eigenvalue weighted by Crippen LogP contribution is -2.56. The highest BCUT2D eigenvalue weighted by Crippen LogP contribution is 2.24. The van der Waals surface area contributed by atoms with Crippen LogP contribution < -0.4 is 26.7 Å². The number of hydrogen-bond donors (Lipinski definition) is 4. The first-order chi connectivity index (χ1) is 12.2. The summed E-state index contributed by atoms with van der Waals surface area (Å²) in [5.74, 6) is -0.244. The molecule has 130 valence electrons. The van der Waals surface area contributed by atoms with Gasteiger partial charge in [0, 0.05) is 5.56 Å². The number of amides is 1. The molecule has 1 amide bonds. The maximum atomic E-state index is 13.6. The van der Waals surface area contributed by atoms with E-state index in [0.29, 0.717) is 18.7 Å². The van der Waals surface area contributed by atoms with E-state index in [0.717, 1.165) is 5.56 Å². The number of likely N-dealkylation sites (tertiary alicyclic amines) is 1. The molecule has 2 aliphatic rings. The van der Waals surface area contributed by atoms with Gasteiger partial charge in [-0.3, -0.25) is 4.79 Å². The molecule has 0 radical (unpaired) electrons. The molecule has 2 saturated heterocycles. The number of ether oxygens (including phenoxy) is 1. The number of rotatable bonds is 4. The highest BCUT2D eigenvalue weighted by Gasteiger charge is 2.35. The van der Waals surface area contributed by atoms with Gasteiger partial charge in [0.05, 0.1) is 13.1 Å². The van der Waals surface area contributed by atoms with Crippen LogP contribution in [0.4, 0.5) is 4.39 Å². The molecule has 2 aromatic rings. The topological polar surface area (TPSA) is 77.7 Å². The van der Waals surface area contributed by atoms with Gasteiger partial charge in [-0.25, -0.2) is 15.2 Å². The highest BCUT2D eigenvalue weighted by molar-refractivity contribution is 5.96. The molecular weight excluding hydrogens is 325 g/mol. The van der Waals surface area contributed by atoms with E-state index in [1.807, 2.05) is 18.2 Å². The molecule has 0 saturated carbocycles. The average Bonchev–Trinajstić information content (AvgIpc) is 3.13. The molecular formula is C17H18FN5O2. The van der Waals surface area contributed by atoms with Crippen molar-refractivity contribution < 1.29 is 13.9 Å². The summed E-state index contributed by atoms with van der Waals surface area (Å²) in [5.41, 5.74) is 12.9. The van der Waals surface area contributed by atoms with E-state index in [9.17, 15) is 9.18 Å². The summed E-state index contributed by atoms with van der Waals surface area (Å²) >= 11 is 0. The SMILES string of the molecule is O=C(c1ccccc1C1NNNN1)N1CC(Oc2ccccc2F)C1. The summed E-state index contributed by atoms with van der Waals surface area (Å²) in [6.07, 6.45) is -0.411. The summed E-state index contributed by atoms with van der Waals surface area (Å²) in [6.45, 7) is 0.868. The van der Waals surface area contributed by atoms with Crippen LogP contribution in [0.1, 0.15) is 22.1 Å². The Balaban J connectivity index is 1.41. The Morgan fingerprint density at radius 3 is 2.48 bits per heavy atom. The van der Waals surface area contributed by atoms with Crippen molar-refractivity contribution in [1.82, 2.24) is 26.8 Å². The lowest BCUT2D eigenvalue weighted by Gasteiger charge is -2.39. The molecule has 0 bridgehead atoms. The van der Waals surface area contributed by atoms with Crippen LogP contribution in [-0.2, 0) is 0 Å². The first-order valence-corrected chi connectivity index (χ1v) is 8.03. The van der Waals surface area contributed by atoms with Gasteiger partial charge in [0.25, 0.3) is 5.91 Å². The number of nitrogens with one attached hydrogen (secondary N) is 4. The molecule has 2 heterocycles. The lowest BCUT2D eigenvalue weighted by molar-refractivity contribution is 0.0162. The van der Waals surface area contributed by atoms with Crippen LogP contribution >= 0.6 is 0 Å². The standard InChI is InChI=1S/C17H18FN5O2/c18-14-7-3-4-8-15(14)25-11-9-23(10-11)17(24)13-6-2-1-5-12(13)16-19-21-22-20-16/h1-8,11,16,19-22H,9-10H2. The van der Waals surface area contributed by atoms with Gasteiger partial charge in [0.15, 0.2) is 11.6 Å². The van der Waals surface area contributed by atoms with E-state index in [1.165, 1.54) is 6.07 Å². The predicted molar refractivity (Wildman–Crippen MR) is 88.4 cm³/mol. The minimum Gasteiger partial charge on any atom is -0.484 e. The lowest BCUT2D eigenvalue weighted by atomic mass is 10.0. The number of hydrogen-bond acceptors (Lipinski definition) is 6. The number of carbonyl (C=O) groups is 1. The number of carbonyl (C=O) groups excluding carboxylic acids is 1. The van der Waals surface area contributed by atoms with Crippen molar-refractivity contribution in [2.24, 2.45) is 0 Å². The number of para-hydroxylation sites is 1. The summed E-state index contributed by atoms with van der Waals surface area (Å²) in [7, 11) is 0. The quantitative estimate of drug-likeness (QED) is 0.659. The summed E-state index contributed by atoms with van der Waals surface area (Å²) in [6, 6.07) is 13.7. The Morgan fingerprint density at radius 1 is 1.04 bits per heavy atom. The smallest absolute Gasteiger partial charge is 0.254 e. The molecule has 2 fully saturated rings. The zero-order valence-electron chi connectivity index (χ0n) is 13.3. The van der Waals surface area contributed by atoms with Gasteiger partial charge in [-0.2, -0.15) is 11.1 Å². The molecule has 0 spiro atoms. The first kappa shape index (κ1) is 16.0. The Labute approximate surface area is 144 Å². The molecule has 0 unspecified atom stereocenters. The van der Waals surface area contributed by atoms with Crippen LogP contribution in [0.3, 0.4) is 0 Å². The molecule has 4 N–H and O–H groups in total. The second-order valence-electron chi connectivity index (χ2n) is 5.94. The first-order valence-electron chi connectivity index (χ1n) is 8.03. The second kappa shape index (κ2) is 6.77. The number of hydrazine groups is 3. The third kappa shape index (κ3) is 3.20. The third-order valence-electron chi connectivity index (χ3n) is 4.26. The minimum absolute atomic E-state index is 0.0699. The number of nitrogens with zero attached hydrogens (tertiary/aromatic N) is 1. The fourth-order valence-electron chi connectivity index (χ4n) is 2.92. The van der Waals surface area contributed by atoms with Crippen molar-refractivity contribution in [3.05, 3.63) is 65.5 Å². The van der Waals surface area contributed by atoms with E-state index in [2.05, 4.69) is 21.9 Å². The van der Waals surface area contributed by atoms with Crippen LogP contribution in [0.2, 0.25) is 0 Å². The zero-order chi connectivity index (χ0) is 17.2. The molecule has 7 nitrogen and oxygen atoms in total. The van der Waals surface area contributed by atoms with Crippen LogP contribution in [0.15, 0.2) is 48.5 Å². The van der Waals surface area contributed by atoms with E-state index >= 15 is 0 Å². The zero-order valence-corrected chi connectivity index (χ0v) is 13.3. The Bertz CT molecular complexity index is 775. The molecule has 0 aliphatic carbocycles. The van der Waals surface area contributed by atoms with Crippen molar-refractivity contribution in [1.29, 1.82) is 0 Å². The van der Waals surface area contributed by atoms with Gasteiger partial charge in [-0.05, 0) is 23.8 Å². The molecule has 2 aliphatic heterocycles. The maximum absolute atomic E-state index is 13.6. The molecule has 2 aromatic carbocycles. The van der Waals surface area contributed by atoms with Crippen molar-refractivity contribution in [2.75, 3.05) is 13.1 Å². The van der Waals surface area contributed by atoms with E-state index < -0.39 is 5.82 Å². The Hall–Kier alpha value is -2.52. The number of halogens is 1. The van der Waals surface area contributed by atoms with Gasteiger partial charge in [0.1, 0.15) is 12.3 Å². The van der Waals surface area contributed by atoms with Crippen LogP contribution in [0.25, 0.3) is 0 Å². The molecule has 0 aromatic heterocycles. The van der Waals surface area contributed by atoms with Crippen molar-refractivity contribution in [3.63, 3.8) is 0 Å². The highest BCUT2D eigenvalue weighted by atomic mass is 19.1. The van der Waals surface area contributed by atoms with Gasteiger partial charge in [-0.1, -0.05) is 30.3 Å². The Kier molecular flexibility index (Phi) is 4.33. The fourth-order valence-corrected chi connectivity index (χ4v) is 2.92. The second-order valence-corrected chi connectivity index (χ2v) is 5.94. The predicted octanol–water partition coefficient (Wildman–Crippen LogP) is 0.845. The molecule has 4 rings (SSSR count). The average molecular weight is 343 g/mol. The van der Waals surface area contributed by atoms with Crippen molar-refractivity contribution >= 4 is 5.91 Å². The maximum Gasteiger partial charge on any atom is 0.254 e. The van der Waals surface area contributed by atoms with Gasteiger partial charge < -0.3 is 9.64 Å². The Morgan fingerprint density at radius 2 is 1.72 bits per heavy atom. The third-order valence-corrected chi connectivity index (χ3v) is 4.26. The fraction of sp³-hybridized carbons (Fsp3) is 0.235. The largest absolute Gasteiger partial charge is 0.484 e. The molecule has 8 heteroatoms. The van der Waals surface area contributed by atoms with E-state index in [4.69, 9.17) is 4.74 Å². The molecule has 25 heavy (non-hydrogen) atoms. The summed E-state index contributed by atoms with van der Waals surface area (Å²) in [5, 5.41) is 0. The van der Waals surface area contributed by atoms with Gasteiger partial charge >= 0.3 is 0 Å². The van der Waals surface area contributed by atoms with Gasteiger partial charge in [0.2, 0.25) is 0 Å². The summed E-state index contributed by atoms with van der Waals surface area (Å²) < 4.78 is 19.2. The van der Waals surface area contributed by atoms with Crippen molar-refractivity contribution in [3.8, 4) is 5.75 Å². The minimum atomic E-state index is -0.393. The normalized spacial score (nSPS) is 18.2. The van der Waals surface area contributed by atoms with Crippen LogP contribution in [-0.4, -0.2) is 30.0 Å². The van der Waals surface area contributed by atoms with E-state index in [1.54, 1.807) is 29.2 Å². The van der Waals surface area contributed by atoms with Crippen LogP contribution in [0, 0.1) is 5.82 Å². The number of benzene rings is 2. The van der Waals surface area contributed by atoms with E-state index in [-0.39, 0.29) is 23.9 Å². The summed E-state index contributed by atoms with van der Waals surface area (Å²) in [4.78, 5) is 14.5. The monoisotopic (exact) mass is 343 g/mol. The van der Waals surface area contributed by atoms with Crippen molar-refractivity contribution in [2.45, 2.75) is 12.3 Å². The van der Waals surface area contributed by atoms with Gasteiger partial charge in [-0.15, -0.1) is 0 Å². The van der Waals surface area contributed by atoms with Crippen LogP contribution in [0.5, 0.6) is 5.75 Å². The molecule has 0 atom stereocenters.